The topological polar surface area (TPSA) is 105 Å². The molecule has 0 atom stereocenters. The van der Waals surface area contributed by atoms with Crippen LogP contribution in [0.15, 0.2) is 72.8 Å². The minimum atomic E-state index is -0.465. The number of rotatable bonds is 7. The molecule has 7 nitrogen and oxygen atoms in total. The van der Waals surface area contributed by atoms with E-state index in [1.165, 1.54) is 18.2 Å². The molecule has 0 aliphatic rings. The lowest BCUT2D eigenvalue weighted by Crippen LogP contribution is -2.20. The molecule has 7 heteroatoms. The third kappa shape index (κ3) is 5.40. The third-order valence-electron chi connectivity index (χ3n) is 4.13. The second kappa shape index (κ2) is 9.15. The first-order chi connectivity index (χ1) is 14.0. The van der Waals surface area contributed by atoms with Crippen molar-refractivity contribution in [1.82, 2.24) is 0 Å². The number of benzene rings is 3. The van der Waals surface area contributed by atoms with E-state index in [0.717, 1.165) is 5.56 Å². The lowest BCUT2D eigenvalue weighted by atomic mass is 10.0. The van der Waals surface area contributed by atoms with Crippen LogP contribution < -0.4 is 10.1 Å². The molecule has 0 bridgehead atoms. The Kier molecular flexibility index (Phi) is 6.18. The molecule has 1 N–H and O–H groups in total. The monoisotopic (exact) mass is 387 g/mol. The molecule has 3 rings (SSSR count). The Hall–Kier alpha value is -4.18. The summed E-state index contributed by atoms with van der Waals surface area (Å²) in [6.45, 7) is -0.267. The number of hydrogen-bond donors (Lipinski definition) is 1. The average Bonchev–Trinajstić information content (AvgIpc) is 2.73. The third-order valence-corrected chi connectivity index (χ3v) is 4.13. The van der Waals surface area contributed by atoms with Crippen LogP contribution in [0, 0.1) is 21.4 Å². The largest absolute Gasteiger partial charge is 0.483 e. The van der Waals surface area contributed by atoms with Crippen molar-refractivity contribution in [2.45, 2.75) is 6.42 Å². The maximum atomic E-state index is 12.2. The molecule has 1 amide bonds. The predicted molar refractivity (Wildman–Crippen MR) is 108 cm³/mol. The van der Waals surface area contributed by atoms with Crippen LogP contribution >= 0.6 is 0 Å². The van der Waals surface area contributed by atoms with Crippen molar-refractivity contribution in [1.29, 1.82) is 5.26 Å². The summed E-state index contributed by atoms with van der Waals surface area (Å²) in [6.07, 6.45) is 0.434. The number of nitro groups is 1. The van der Waals surface area contributed by atoms with E-state index in [1.54, 1.807) is 24.3 Å². The van der Waals surface area contributed by atoms with E-state index in [4.69, 9.17) is 10.00 Å². The summed E-state index contributed by atoms with van der Waals surface area (Å²) in [5, 5.41) is 22.7. The lowest BCUT2D eigenvalue weighted by molar-refractivity contribution is -0.384. The Bertz CT molecular complexity index is 1070. The minimum absolute atomic E-state index is 0.0407. The molecule has 0 unspecified atom stereocenters. The number of nitrogens with zero attached hydrogens (tertiary/aromatic N) is 2. The summed E-state index contributed by atoms with van der Waals surface area (Å²) in [4.78, 5) is 22.9. The van der Waals surface area contributed by atoms with E-state index < -0.39 is 10.8 Å². The number of nitro benzene ring substituents is 1. The molecule has 0 saturated heterocycles. The predicted octanol–water partition coefficient (Wildman–Crippen LogP) is 4.07. The molecule has 0 saturated carbocycles. The van der Waals surface area contributed by atoms with Crippen LogP contribution in [0.1, 0.15) is 16.7 Å². The van der Waals surface area contributed by atoms with E-state index in [2.05, 4.69) is 5.32 Å². The maximum Gasteiger partial charge on any atom is 0.269 e. The van der Waals surface area contributed by atoms with Gasteiger partial charge < -0.3 is 10.1 Å². The van der Waals surface area contributed by atoms with E-state index in [1.807, 2.05) is 36.4 Å². The smallest absolute Gasteiger partial charge is 0.269 e. The van der Waals surface area contributed by atoms with Crippen LogP contribution in [0.25, 0.3) is 0 Å². The van der Waals surface area contributed by atoms with Gasteiger partial charge in [-0.15, -0.1) is 0 Å². The number of anilines is 1. The summed E-state index contributed by atoms with van der Waals surface area (Å²) < 4.78 is 5.64. The highest BCUT2D eigenvalue weighted by Crippen LogP contribution is 2.26. The van der Waals surface area contributed by atoms with Crippen molar-refractivity contribution >= 4 is 17.3 Å². The summed E-state index contributed by atoms with van der Waals surface area (Å²) in [5.41, 5.74) is 2.47. The summed E-state index contributed by atoms with van der Waals surface area (Å²) in [6, 6.07) is 22.3. The van der Waals surface area contributed by atoms with Gasteiger partial charge in [0.25, 0.3) is 11.6 Å². The number of amides is 1. The van der Waals surface area contributed by atoms with Gasteiger partial charge in [0.15, 0.2) is 6.61 Å². The zero-order valence-corrected chi connectivity index (χ0v) is 15.4. The van der Waals surface area contributed by atoms with Crippen molar-refractivity contribution in [3.8, 4) is 11.8 Å². The fourth-order valence-corrected chi connectivity index (χ4v) is 2.78. The van der Waals surface area contributed by atoms with Gasteiger partial charge in [-0.3, -0.25) is 14.9 Å². The lowest BCUT2D eigenvalue weighted by Gasteiger charge is -2.12. The number of carbonyl (C=O) groups excluding carboxylic acids is 1. The Morgan fingerprint density at radius 3 is 2.59 bits per heavy atom. The molecule has 0 spiro atoms. The van der Waals surface area contributed by atoms with Crippen LogP contribution in [0.2, 0.25) is 0 Å². The molecule has 0 aliphatic heterocycles. The number of nitriles is 1. The Morgan fingerprint density at radius 1 is 1.07 bits per heavy atom. The fourth-order valence-electron chi connectivity index (χ4n) is 2.78. The van der Waals surface area contributed by atoms with Crippen molar-refractivity contribution in [3.63, 3.8) is 0 Å². The first-order valence-corrected chi connectivity index (χ1v) is 8.79. The van der Waals surface area contributed by atoms with Crippen LogP contribution in [-0.2, 0) is 11.2 Å². The number of non-ortho nitro benzene ring substituents is 1. The highest BCUT2D eigenvalue weighted by Gasteiger charge is 2.14. The molecule has 0 radical (unpaired) electrons. The Labute approximate surface area is 167 Å². The van der Waals surface area contributed by atoms with Gasteiger partial charge in [0.05, 0.1) is 16.6 Å². The van der Waals surface area contributed by atoms with Crippen molar-refractivity contribution in [2.24, 2.45) is 0 Å². The Morgan fingerprint density at radius 2 is 1.86 bits per heavy atom. The molecule has 144 valence electrons. The molecule has 3 aromatic rings. The first-order valence-electron chi connectivity index (χ1n) is 8.79. The summed E-state index contributed by atoms with van der Waals surface area (Å²) >= 11 is 0. The van der Waals surface area contributed by atoms with Crippen LogP contribution in [-0.4, -0.2) is 17.4 Å². The molecular weight excluding hydrogens is 370 g/mol. The fraction of sp³-hybridized carbons (Fsp3) is 0.0909. The molecule has 0 aliphatic carbocycles. The standard InChI is InChI=1S/C22H17N3O4/c23-14-17-7-4-8-19(12-17)24-22(26)15-29-21-10-9-20(25(27)28)13-18(21)11-16-5-2-1-3-6-16/h1-10,12-13H,11,15H2,(H,24,26). The molecule has 0 heterocycles. The van der Waals surface area contributed by atoms with Gasteiger partial charge in [-0.1, -0.05) is 36.4 Å². The zero-order valence-electron chi connectivity index (χ0n) is 15.4. The number of ether oxygens (including phenoxy) is 1. The van der Waals surface area contributed by atoms with E-state index in [0.29, 0.717) is 29.0 Å². The molecule has 3 aromatic carbocycles. The van der Waals surface area contributed by atoms with Gasteiger partial charge >= 0.3 is 0 Å². The quantitative estimate of drug-likeness (QED) is 0.486. The van der Waals surface area contributed by atoms with Gasteiger partial charge in [-0.05, 0) is 29.8 Å². The van der Waals surface area contributed by atoms with Gasteiger partial charge in [-0.25, -0.2) is 0 Å². The number of carbonyl (C=O) groups is 1. The van der Waals surface area contributed by atoms with E-state index in [-0.39, 0.29) is 12.3 Å². The van der Waals surface area contributed by atoms with Crippen LogP contribution in [0.5, 0.6) is 5.75 Å². The second-order valence-corrected chi connectivity index (χ2v) is 6.24. The number of hydrogen-bond acceptors (Lipinski definition) is 5. The highest BCUT2D eigenvalue weighted by atomic mass is 16.6. The SMILES string of the molecule is N#Cc1cccc(NC(=O)COc2ccc([N+](=O)[O-])cc2Cc2ccccc2)c1. The normalized spacial score (nSPS) is 10.0. The van der Waals surface area contributed by atoms with Crippen molar-refractivity contribution < 1.29 is 14.5 Å². The molecule has 0 fully saturated rings. The van der Waals surface area contributed by atoms with E-state index >= 15 is 0 Å². The van der Waals surface area contributed by atoms with Gasteiger partial charge in [0, 0.05) is 29.8 Å². The summed E-state index contributed by atoms with van der Waals surface area (Å²) in [7, 11) is 0. The average molecular weight is 387 g/mol. The van der Waals surface area contributed by atoms with Crippen molar-refractivity contribution in [2.75, 3.05) is 11.9 Å². The maximum absolute atomic E-state index is 12.2. The number of nitrogens with one attached hydrogen (secondary N) is 1. The molecular formula is C22H17N3O4. The van der Waals surface area contributed by atoms with Gasteiger partial charge in [-0.2, -0.15) is 5.26 Å². The van der Waals surface area contributed by atoms with Crippen molar-refractivity contribution in [3.05, 3.63) is 99.6 Å². The zero-order chi connectivity index (χ0) is 20.6. The Balaban J connectivity index is 1.72. The van der Waals surface area contributed by atoms with E-state index in [9.17, 15) is 14.9 Å². The molecule has 0 aromatic heterocycles. The van der Waals surface area contributed by atoms with Crippen LogP contribution in [0.4, 0.5) is 11.4 Å². The highest BCUT2D eigenvalue weighted by molar-refractivity contribution is 5.92. The minimum Gasteiger partial charge on any atom is -0.483 e. The second-order valence-electron chi connectivity index (χ2n) is 6.24. The van der Waals surface area contributed by atoms with Gasteiger partial charge in [0.2, 0.25) is 0 Å². The first kappa shape index (κ1) is 19.6. The summed E-state index contributed by atoms with van der Waals surface area (Å²) in [5.74, 6) is 0.00415. The van der Waals surface area contributed by atoms with Gasteiger partial charge in [0.1, 0.15) is 5.75 Å². The molecule has 29 heavy (non-hydrogen) atoms. The van der Waals surface area contributed by atoms with Crippen LogP contribution in [0.3, 0.4) is 0 Å².